The summed E-state index contributed by atoms with van der Waals surface area (Å²) in [5.41, 5.74) is -1.99. The third kappa shape index (κ3) is 18.1. The molecule has 19 nitrogen and oxygen atoms in total. The van der Waals surface area contributed by atoms with E-state index in [1.807, 2.05) is 0 Å². The minimum absolute atomic E-state index is 0. The molecule has 0 saturated carbocycles. The van der Waals surface area contributed by atoms with Crippen molar-refractivity contribution in [3.8, 4) is 23.0 Å². The van der Waals surface area contributed by atoms with Crippen LogP contribution >= 0.6 is 67.5 Å². The lowest BCUT2D eigenvalue weighted by molar-refractivity contribution is -0.516. The number of aromatic hydroxyl groups is 3. The van der Waals surface area contributed by atoms with Gasteiger partial charge in [-0.2, -0.15) is 67.5 Å². The van der Waals surface area contributed by atoms with Crippen molar-refractivity contribution in [2.75, 3.05) is 25.5 Å². The molecule has 3 aliphatic rings. The fourth-order valence-corrected chi connectivity index (χ4v) is 7.74. The van der Waals surface area contributed by atoms with Crippen LogP contribution in [-0.2, 0) is 23.8 Å². The van der Waals surface area contributed by atoms with E-state index in [2.05, 4.69) is 5.32 Å². The second-order valence-electron chi connectivity index (χ2n) is 15.3. The van der Waals surface area contributed by atoms with E-state index in [1.165, 1.54) is 53.0 Å². The first-order valence-electron chi connectivity index (χ1n) is 18.8. The number of ketones is 1. The summed E-state index contributed by atoms with van der Waals surface area (Å²) in [5, 5.41) is 82.8. The zero-order valence-corrected chi connectivity index (χ0v) is 41.6. The quantitative estimate of drug-likeness (QED) is 0.0495. The predicted molar refractivity (Wildman–Crippen MR) is 309 cm³/mol. The van der Waals surface area contributed by atoms with Crippen LogP contribution in [0.4, 0.5) is 5.69 Å². The summed E-state index contributed by atoms with van der Waals surface area (Å²) in [6.45, 7) is 9.39. The van der Waals surface area contributed by atoms with Crippen LogP contribution in [0.1, 0.15) is 128 Å². The Kier molecular flexibility index (Phi) is 43.0. The zero-order chi connectivity index (χ0) is 44.4. The van der Waals surface area contributed by atoms with Crippen molar-refractivity contribution in [1.29, 1.82) is 0 Å². The number of anilines is 1. The molecule has 2 aromatic rings. The molecule has 0 radical (unpaired) electrons. The number of nitrogens with one attached hydrogen (secondary N) is 1. The van der Waals surface area contributed by atoms with Crippen LogP contribution in [0.3, 0.4) is 0 Å². The van der Waals surface area contributed by atoms with E-state index < -0.39 is 145 Å². The Balaban J connectivity index is -0.000000458. The van der Waals surface area contributed by atoms with Crippen molar-refractivity contribution in [3.63, 3.8) is 0 Å². The van der Waals surface area contributed by atoms with Gasteiger partial charge in [0.25, 0.3) is 11.7 Å². The molecule has 0 saturated heterocycles. The number of ether oxygens (including phenoxy) is 4. The van der Waals surface area contributed by atoms with Gasteiger partial charge in [0.05, 0.1) is 41.2 Å². The Hall–Kier alpha value is -4.04. The second kappa shape index (κ2) is 35.2. The summed E-state index contributed by atoms with van der Waals surface area (Å²) < 4.78 is 23.2. The van der Waals surface area contributed by atoms with E-state index in [0.717, 1.165) is 6.26 Å². The van der Waals surface area contributed by atoms with E-state index >= 15 is 0 Å². The summed E-state index contributed by atoms with van der Waals surface area (Å²) in [6.07, 6.45) is 2.56. The maximum atomic E-state index is 14.3. The minimum Gasteiger partial charge on any atom is -0.507 e. The molecule has 2 aromatic carbocycles. The van der Waals surface area contributed by atoms with Gasteiger partial charge in [-0.25, -0.2) is 0 Å². The fraction of sp³-hybridized carbons (Fsp3) is 0.596. The molecule has 0 fully saturated rings. The number of benzene rings is 2. The van der Waals surface area contributed by atoms with Crippen LogP contribution in [0, 0.1) is 50.8 Å². The molecule has 24 heteroatoms. The van der Waals surface area contributed by atoms with E-state index in [1.54, 1.807) is 33.8 Å². The van der Waals surface area contributed by atoms with E-state index in [0.29, 0.717) is 0 Å². The Morgan fingerprint density at radius 3 is 1.77 bits per heavy atom. The smallest absolute Gasteiger partial charge is 0.312 e. The first-order chi connectivity index (χ1) is 27.5. The largest absolute Gasteiger partial charge is 0.507 e. The average Bonchev–Trinajstić information content (AvgIpc) is 3.42. The van der Waals surface area contributed by atoms with Gasteiger partial charge in [0.15, 0.2) is 5.75 Å². The topological polar surface area (TPSA) is 288 Å². The van der Waals surface area contributed by atoms with Crippen molar-refractivity contribution < 1.29 is 68.7 Å². The van der Waals surface area contributed by atoms with Gasteiger partial charge in [-0.1, -0.05) is 97.9 Å². The number of hydrogen-bond acceptors (Lipinski definition) is 16. The number of rotatable bonds is 7. The number of amides is 1. The number of Topliss-reactive ketones (excluding diaryl/α,β-unsaturated/α-hetero) is 1. The first-order valence-corrected chi connectivity index (χ1v) is 18.8. The minimum atomic E-state index is -2.23. The third-order valence-corrected chi connectivity index (χ3v) is 11.2. The number of nitrogens with zero attached hydrogens (tertiary/aromatic N) is 2. The number of phenols is 3. The second-order valence-corrected chi connectivity index (χ2v) is 15.3. The molecule has 418 valence electrons. The first kappa shape index (κ1) is 86.7. The van der Waals surface area contributed by atoms with E-state index in [4.69, 9.17) is 18.9 Å². The molecule has 0 unspecified atom stereocenters. The number of allylic oxidation sites excluding steroid dienone is 2. The number of aliphatic hydroxyl groups excluding tert-OH is 2. The molecule has 1 amide bonds. The maximum Gasteiger partial charge on any atom is 0.312 e. The monoisotopic (exact) mass is 1110 g/mol. The fourth-order valence-electron chi connectivity index (χ4n) is 7.74. The van der Waals surface area contributed by atoms with Crippen LogP contribution in [0.15, 0.2) is 36.1 Å². The number of carbonyl (C=O) groups excluding carboxylic acids is 3. The zero-order valence-electron chi connectivity index (χ0n) is 36.6. The number of aliphatic hydroxyl groups is 2. The van der Waals surface area contributed by atoms with Crippen molar-refractivity contribution in [2.24, 2.45) is 23.7 Å². The lowest BCUT2D eigenvalue weighted by Gasteiger charge is -2.38. The van der Waals surface area contributed by atoms with Gasteiger partial charge >= 0.3 is 11.8 Å². The van der Waals surface area contributed by atoms with Crippen LogP contribution in [0.25, 0.3) is 10.8 Å². The number of hydrogen-bond donors (Lipinski definition) is 6. The molecular weight excluding hydrogens is 1020 g/mol. The normalized spacial score (nSPS) is 24.9. The summed E-state index contributed by atoms with van der Waals surface area (Å²) in [5.74, 6) is -12.4. The SMILES string of the molecule is C.C.C.C.C.C.C.CO[C@H]1/C=C/O[C@@]2(C)Oc3c(C)c(O)c4c(O)c(c(C(C[N+](=O)[O-])C[N+](=O)[O-])c(O)c4c3C2=O)NC(=O)/C(C)=C\C=C\[C@H](C)[C@H](O)[C@@H](C)[C@@H](O)[C@@H](C)[C@H](OC(C)=O)[C@@H]1C.S.S.S.S.S. The van der Waals surface area contributed by atoms with Gasteiger partial charge in [-0.15, -0.1) is 0 Å². The average molecular weight is 1110 g/mol. The number of fused-ring (bicyclic) bond motifs is 14. The number of carbonyl (C=O) groups is 3. The van der Waals surface area contributed by atoms with Crippen molar-refractivity contribution >= 4 is 102 Å². The van der Waals surface area contributed by atoms with Gasteiger partial charge in [-0.3, -0.25) is 34.6 Å². The summed E-state index contributed by atoms with van der Waals surface area (Å²) in [7, 11) is 1.37. The lowest BCUT2D eigenvalue weighted by Crippen LogP contribution is -2.46. The van der Waals surface area contributed by atoms with Crippen LogP contribution in [-0.4, -0.2) is 103 Å². The third-order valence-electron chi connectivity index (χ3n) is 11.2. The molecule has 5 bridgehead atoms. The van der Waals surface area contributed by atoms with Gasteiger partial charge in [0.1, 0.15) is 29.3 Å². The molecule has 71 heavy (non-hydrogen) atoms. The summed E-state index contributed by atoms with van der Waals surface area (Å²) >= 11 is 0. The standard InChI is InChI=1S/C40H51N3O16.7CH4.5H2S/c1-17-11-10-12-18(2)39(51)41-30-26(24(15-42(52)53)16-43(54)55)34(48)27-28(35(30)49)33(47)22(6)37-29(27)38(50)40(8,59-37)57-14-13-25(56-9)19(3)36(58-23(7)44)21(5)32(46)20(4)31(17)45;;;;;;;;;;;;/h10-14,17,19-21,24-25,31-32,36,45-49H,15-16H2,1-9H3,(H,41,51);7*1H4;5*1H2/b11-10+,14-13+,18-12-;;;;;;;;;;;;/t17-,19+,20+,21+,25-,31-,32+,36+,40-;;;;;;;;;;;;/m0............/s1. The highest BCUT2D eigenvalue weighted by atomic mass is 32.1. The van der Waals surface area contributed by atoms with Crippen molar-refractivity contribution in [1.82, 2.24) is 0 Å². The Labute approximate surface area is 456 Å². The molecule has 5 rings (SSSR count). The maximum absolute atomic E-state index is 14.3. The van der Waals surface area contributed by atoms with Crippen LogP contribution in [0.2, 0.25) is 0 Å². The van der Waals surface area contributed by atoms with Gasteiger partial charge in [0, 0.05) is 76.6 Å². The molecule has 0 spiro atoms. The molecular formula is C47H89N3O16S5. The highest BCUT2D eigenvalue weighted by molar-refractivity contribution is 7.60. The number of esters is 1. The molecule has 3 aliphatic heterocycles. The van der Waals surface area contributed by atoms with Gasteiger partial charge < -0.3 is 49.8 Å². The van der Waals surface area contributed by atoms with Gasteiger partial charge in [-0.05, 0) is 19.9 Å². The van der Waals surface area contributed by atoms with Crippen molar-refractivity contribution in [2.45, 2.75) is 143 Å². The van der Waals surface area contributed by atoms with Crippen LogP contribution < -0.4 is 10.1 Å². The summed E-state index contributed by atoms with van der Waals surface area (Å²) in [4.78, 5) is 62.2. The lowest BCUT2D eigenvalue weighted by atomic mass is 9.78. The van der Waals surface area contributed by atoms with Crippen LogP contribution in [0.5, 0.6) is 23.0 Å². The Bertz CT molecular complexity index is 2130. The number of nitro groups is 2. The predicted octanol–water partition coefficient (Wildman–Crippen LogP) is 9.41. The summed E-state index contributed by atoms with van der Waals surface area (Å²) in [6, 6.07) is 0. The van der Waals surface area contributed by atoms with E-state index in [-0.39, 0.29) is 136 Å². The number of methoxy groups -OCH3 is 1. The Morgan fingerprint density at radius 1 is 0.803 bits per heavy atom. The van der Waals surface area contributed by atoms with Gasteiger partial charge in [0.2, 0.25) is 13.1 Å². The van der Waals surface area contributed by atoms with E-state index in [9.17, 15) is 60.1 Å². The van der Waals surface area contributed by atoms with Crippen molar-refractivity contribution in [3.05, 3.63) is 73.1 Å². The molecule has 0 aromatic heterocycles. The highest BCUT2D eigenvalue weighted by Gasteiger charge is 2.50. The molecule has 3 heterocycles. The molecule has 0 aliphatic carbocycles. The molecule has 6 N–H and O–H groups in total. The Morgan fingerprint density at radius 2 is 1.31 bits per heavy atom. The highest BCUT2D eigenvalue weighted by Crippen LogP contribution is 2.56. The number of phenolic OH excluding ortho intramolecular Hbond substituents is 3. The molecule has 9 atom stereocenters.